The smallest absolute Gasteiger partial charge is 0.248 e. The molecule has 0 saturated carbocycles. The first-order valence-corrected chi connectivity index (χ1v) is 6.13. The van der Waals surface area contributed by atoms with E-state index in [4.69, 9.17) is 15.2 Å². The van der Waals surface area contributed by atoms with Crippen molar-refractivity contribution >= 4 is 11.7 Å². The third kappa shape index (κ3) is 3.98. The van der Waals surface area contributed by atoms with E-state index in [2.05, 4.69) is 0 Å². The lowest BCUT2D eigenvalue weighted by molar-refractivity contribution is -0.124. The number of ketones is 1. The Morgan fingerprint density at radius 2 is 2.00 bits per heavy atom. The SMILES string of the molecule is CCC(C)C(=O)COc1ccc(C(N)=O)cc1OC. The van der Waals surface area contributed by atoms with Crippen LogP contribution in [-0.2, 0) is 4.79 Å². The maximum atomic E-state index is 11.7. The van der Waals surface area contributed by atoms with Crippen molar-refractivity contribution in [3.05, 3.63) is 23.8 Å². The normalized spacial score (nSPS) is 11.7. The van der Waals surface area contributed by atoms with Gasteiger partial charge in [-0.2, -0.15) is 0 Å². The Labute approximate surface area is 112 Å². The van der Waals surface area contributed by atoms with Crippen molar-refractivity contribution in [2.75, 3.05) is 13.7 Å². The summed E-state index contributed by atoms with van der Waals surface area (Å²) < 4.78 is 10.5. The molecule has 0 saturated heterocycles. The minimum Gasteiger partial charge on any atom is -0.493 e. The largest absolute Gasteiger partial charge is 0.493 e. The lowest BCUT2D eigenvalue weighted by Gasteiger charge is -2.12. The Bertz CT molecular complexity index is 471. The predicted molar refractivity (Wildman–Crippen MR) is 71.5 cm³/mol. The molecule has 0 heterocycles. The molecule has 0 bridgehead atoms. The Kier molecular flexibility index (Phi) is 5.36. The highest BCUT2D eigenvalue weighted by Crippen LogP contribution is 2.28. The van der Waals surface area contributed by atoms with Gasteiger partial charge >= 0.3 is 0 Å². The zero-order valence-electron chi connectivity index (χ0n) is 11.4. The Morgan fingerprint density at radius 3 is 2.53 bits per heavy atom. The molecule has 2 N–H and O–H groups in total. The number of rotatable bonds is 7. The van der Waals surface area contributed by atoms with Gasteiger partial charge in [0.2, 0.25) is 5.91 Å². The van der Waals surface area contributed by atoms with Gasteiger partial charge in [0.05, 0.1) is 7.11 Å². The summed E-state index contributed by atoms with van der Waals surface area (Å²) in [6, 6.07) is 4.60. The average Bonchev–Trinajstić information content (AvgIpc) is 2.43. The fourth-order valence-electron chi connectivity index (χ4n) is 1.46. The minimum absolute atomic E-state index is 0.0126. The third-order valence-electron chi connectivity index (χ3n) is 2.98. The lowest BCUT2D eigenvalue weighted by Crippen LogP contribution is -2.19. The van der Waals surface area contributed by atoms with Crippen LogP contribution in [0.2, 0.25) is 0 Å². The van der Waals surface area contributed by atoms with Crippen LogP contribution in [0.3, 0.4) is 0 Å². The number of hydrogen-bond donors (Lipinski definition) is 1. The predicted octanol–water partition coefficient (Wildman–Crippen LogP) is 1.79. The van der Waals surface area contributed by atoms with Crippen LogP contribution in [0.1, 0.15) is 30.6 Å². The molecule has 5 heteroatoms. The molecule has 0 aliphatic carbocycles. The maximum Gasteiger partial charge on any atom is 0.248 e. The van der Waals surface area contributed by atoms with Crippen LogP contribution in [0, 0.1) is 5.92 Å². The molecule has 1 rings (SSSR count). The maximum absolute atomic E-state index is 11.7. The van der Waals surface area contributed by atoms with Crippen LogP contribution in [-0.4, -0.2) is 25.4 Å². The Morgan fingerprint density at radius 1 is 1.32 bits per heavy atom. The number of hydrogen-bond acceptors (Lipinski definition) is 4. The summed E-state index contributed by atoms with van der Waals surface area (Å²) in [5.41, 5.74) is 5.51. The quantitative estimate of drug-likeness (QED) is 0.815. The van der Waals surface area contributed by atoms with Gasteiger partial charge in [-0.1, -0.05) is 13.8 Å². The van der Waals surface area contributed by atoms with E-state index in [1.807, 2.05) is 13.8 Å². The van der Waals surface area contributed by atoms with Crippen LogP contribution in [0.25, 0.3) is 0 Å². The molecule has 19 heavy (non-hydrogen) atoms. The molecule has 1 atom stereocenters. The minimum atomic E-state index is -0.541. The highest BCUT2D eigenvalue weighted by Gasteiger charge is 2.14. The molecule has 0 fully saturated rings. The summed E-state index contributed by atoms with van der Waals surface area (Å²) in [5, 5.41) is 0. The summed E-state index contributed by atoms with van der Waals surface area (Å²) >= 11 is 0. The zero-order chi connectivity index (χ0) is 14.4. The van der Waals surface area contributed by atoms with Gasteiger partial charge in [-0.3, -0.25) is 9.59 Å². The van der Waals surface area contributed by atoms with Crippen molar-refractivity contribution < 1.29 is 19.1 Å². The van der Waals surface area contributed by atoms with Crippen molar-refractivity contribution in [1.29, 1.82) is 0 Å². The van der Waals surface area contributed by atoms with E-state index in [1.54, 1.807) is 6.07 Å². The number of carbonyl (C=O) groups is 2. The summed E-state index contributed by atoms with van der Waals surface area (Å²) in [4.78, 5) is 22.7. The highest BCUT2D eigenvalue weighted by molar-refractivity contribution is 5.93. The van der Waals surface area contributed by atoms with Gasteiger partial charge in [-0.25, -0.2) is 0 Å². The third-order valence-corrected chi connectivity index (χ3v) is 2.98. The number of ether oxygens (including phenoxy) is 2. The topological polar surface area (TPSA) is 78.6 Å². The number of Topliss-reactive ketones (excluding diaryl/α,β-unsaturated/α-hetero) is 1. The standard InChI is InChI=1S/C14H19NO4/c1-4-9(2)11(16)8-19-12-6-5-10(14(15)17)7-13(12)18-3/h5-7,9H,4,8H2,1-3H3,(H2,15,17). The second-order valence-corrected chi connectivity index (χ2v) is 4.29. The van der Waals surface area contributed by atoms with Crippen LogP contribution in [0.4, 0.5) is 0 Å². The van der Waals surface area contributed by atoms with Crippen LogP contribution in [0.15, 0.2) is 18.2 Å². The summed E-state index contributed by atoms with van der Waals surface area (Å²) in [7, 11) is 1.46. The van der Waals surface area contributed by atoms with Gasteiger partial charge in [0.1, 0.15) is 6.61 Å². The molecule has 0 spiro atoms. The summed E-state index contributed by atoms with van der Waals surface area (Å²) in [6.07, 6.45) is 0.778. The fourth-order valence-corrected chi connectivity index (χ4v) is 1.46. The van der Waals surface area contributed by atoms with Gasteiger partial charge in [0.15, 0.2) is 17.3 Å². The Balaban J connectivity index is 2.78. The number of carbonyl (C=O) groups excluding carboxylic acids is 2. The summed E-state index contributed by atoms with van der Waals surface area (Å²) in [6.45, 7) is 3.80. The molecule has 1 unspecified atom stereocenters. The van der Waals surface area contributed by atoms with Crippen molar-refractivity contribution in [3.8, 4) is 11.5 Å². The number of methoxy groups -OCH3 is 1. The molecule has 1 aromatic carbocycles. The highest BCUT2D eigenvalue weighted by atomic mass is 16.5. The van der Waals surface area contributed by atoms with Crippen molar-refractivity contribution in [2.45, 2.75) is 20.3 Å². The average molecular weight is 265 g/mol. The van der Waals surface area contributed by atoms with Gasteiger partial charge in [0, 0.05) is 11.5 Å². The van der Waals surface area contributed by atoms with Crippen molar-refractivity contribution in [1.82, 2.24) is 0 Å². The number of primary amides is 1. The second kappa shape index (κ2) is 6.78. The molecule has 0 aromatic heterocycles. The number of amides is 1. The van der Waals surface area contributed by atoms with E-state index in [0.717, 1.165) is 6.42 Å². The first-order valence-electron chi connectivity index (χ1n) is 6.13. The first-order chi connectivity index (χ1) is 8.99. The van der Waals surface area contributed by atoms with Crippen LogP contribution in [0.5, 0.6) is 11.5 Å². The van der Waals surface area contributed by atoms with Crippen molar-refractivity contribution in [3.63, 3.8) is 0 Å². The van der Waals surface area contributed by atoms with Crippen molar-refractivity contribution in [2.24, 2.45) is 11.7 Å². The van der Waals surface area contributed by atoms with E-state index in [-0.39, 0.29) is 18.3 Å². The second-order valence-electron chi connectivity index (χ2n) is 4.29. The summed E-state index contributed by atoms with van der Waals surface area (Å²) in [5.74, 6) is 0.261. The lowest BCUT2D eigenvalue weighted by atomic mass is 10.0. The molecule has 0 radical (unpaired) electrons. The first kappa shape index (κ1) is 15.0. The van der Waals surface area contributed by atoms with E-state index in [0.29, 0.717) is 17.1 Å². The van der Waals surface area contributed by atoms with E-state index >= 15 is 0 Å². The van der Waals surface area contributed by atoms with Gasteiger partial charge in [-0.05, 0) is 24.6 Å². The fraction of sp³-hybridized carbons (Fsp3) is 0.429. The molecular formula is C14H19NO4. The van der Waals surface area contributed by atoms with E-state index in [9.17, 15) is 9.59 Å². The molecule has 0 aliphatic rings. The number of benzene rings is 1. The molecule has 0 aliphatic heterocycles. The van der Waals surface area contributed by atoms with E-state index < -0.39 is 5.91 Å². The van der Waals surface area contributed by atoms with Gasteiger partial charge in [0.25, 0.3) is 0 Å². The zero-order valence-corrected chi connectivity index (χ0v) is 11.4. The Hall–Kier alpha value is -2.04. The van der Waals surface area contributed by atoms with Gasteiger partial charge in [-0.15, -0.1) is 0 Å². The molecule has 1 amide bonds. The molecular weight excluding hydrogens is 246 g/mol. The number of nitrogens with two attached hydrogens (primary N) is 1. The van der Waals surface area contributed by atoms with Gasteiger partial charge < -0.3 is 15.2 Å². The van der Waals surface area contributed by atoms with Crippen LogP contribution < -0.4 is 15.2 Å². The van der Waals surface area contributed by atoms with Crippen LogP contribution >= 0.6 is 0 Å². The molecule has 5 nitrogen and oxygen atoms in total. The molecule has 1 aromatic rings. The van der Waals surface area contributed by atoms with E-state index in [1.165, 1.54) is 19.2 Å². The monoisotopic (exact) mass is 265 g/mol. The molecule has 104 valence electrons.